The van der Waals surface area contributed by atoms with Crippen molar-refractivity contribution in [1.82, 2.24) is 0 Å². The van der Waals surface area contributed by atoms with Gasteiger partial charge in [-0.15, -0.1) is 0 Å². The molecule has 0 fully saturated rings. The average Bonchev–Trinajstić information content (AvgIpc) is 2.30. The minimum Gasteiger partial charge on any atom is -0.497 e. The summed E-state index contributed by atoms with van der Waals surface area (Å²) in [5.74, 6) is -0.228. The molecule has 0 aliphatic carbocycles. The summed E-state index contributed by atoms with van der Waals surface area (Å²) in [6.07, 6.45) is 0.129. The number of oxime groups is 1. The molecule has 86 valence electrons. The predicted octanol–water partition coefficient (Wildman–Crippen LogP) is 1.74. The Labute approximate surface area is 93.0 Å². The Morgan fingerprint density at radius 2 is 1.94 bits per heavy atom. The molecular weight excluding hydrogens is 210 g/mol. The van der Waals surface area contributed by atoms with Crippen molar-refractivity contribution in [3.63, 3.8) is 0 Å². The first-order valence-corrected chi connectivity index (χ1v) is 4.74. The van der Waals surface area contributed by atoms with Gasteiger partial charge in [-0.05, 0) is 29.8 Å². The zero-order chi connectivity index (χ0) is 12.0. The number of methoxy groups -OCH3 is 1. The van der Waals surface area contributed by atoms with E-state index >= 15 is 0 Å². The first-order valence-electron chi connectivity index (χ1n) is 4.74. The molecule has 1 aromatic carbocycles. The Hall–Kier alpha value is -2.04. The van der Waals surface area contributed by atoms with Gasteiger partial charge in [-0.25, -0.2) is 0 Å². The second kappa shape index (κ2) is 5.75. The molecule has 0 heterocycles. The van der Waals surface area contributed by atoms with Gasteiger partial charge in [-0.1, -0.05) is 5.16 Å². The molecule has 5 nitrogen and oxygen atoms in total. The lowest BCUT2D eigenvalue weighted by atomic mass is 10.1. The van der Waals surface area contributed by atoms with Crippen LogP contribution in [0.2, 0.25) is 0 Å². The molecule has 0 bridgehead atoms. The molecule has 0 amide bonds. The van der Waals surface area contributed by atoms with Gasteiger partial charge in [-0.2, -0.15) is 0 Å². The molecule has 0 saturated carbocycles. The average molecular weight is 223 g/mol. The van der Waals surface area contributed by atoms with E-state index in [1.165, 1.54) is 0 Å². The fourth-order valence-electron chi connectivity index (χ4n) is 1.26. The Morgan fingerprint density at radius 1 is 1.31 bits per heavy atom. The first-order chi connectivity index (χ1) is 7.67. The van der Waals surface area contributed by atoms with E-state index in [4.69, 9.17) is 15.1 Å². The number of carbonyl (C=O) groups is 1. The van der Waals surface area contributed by atoms with Crippen LogP contribution < -0.4 is 4.74 Å². The van der Waals surface area contributed by atoms with E-state index in [0.29, 0.717) is 17.0 Å². The smallest absolute Gasteiger partial charge is 0.303 e. The maximum atomic E-state index is 10.4. The summed E-state index contributed by atoms with van der Waals surface area (Å²) < 4.78 is 4.98. The van der Waals surface area contributed by atoms with Crippen LogP contribution in [-0.2, 0) is 4.79 Å². The van der Waals surface area contributed by atoms with Crippen LogP contribution in [0.4, 0.5) is 0 Å². The number of carboxylic acids is 1. The van der Waals surface area contributed by atoms with Crippen molar-refractivity contribution in [2.24, 2.45) is 5.16 Å². The highest BCUT2D eigenvalue weighted by Crippen LogP contribution is 2.13. The van der Waals surface area contributed by atoms with E-state index in [2.05, 4.69) is 5.16 Å². The first kappa shape index (κ1) is 12.0. The number of carboxylic acid groups (broad SMARTS) is 1. The van der Waals surface area contributed by atoms with E-state index < -0.39 is 5.97 Å². The summed E-state index contributed by atoms with van der Waals surface area (Å²) in [5.41, 5.74) is 1.04. The van der Waals surface area contributed by atoms with Crippen molar-refractivity contribution in [3.8, 4) is 5.75 Å². The van der Waals surface area contributed by atoms with Crippen LogP contribution in [0.1, 0.15) is 18.4 Å². The fourth-order valence-corrected chi connectivity index (χ4v) is 1.26. The highest BCUT2D eigenvalue weighted by molar-refractivity contribution is 6.01. The van der Waals surface area contributed by atoms with Gasteiger partial charge in [0.15, 0.2) is 0 Å². The molecule has 0 saturated heterocycles. The molecule has 0 radical (unpaired) electrons. The molecule has 0 aliphatic rings. The number of nitrogens with zero attached hydrogens (tertiary/aromatic N) is 1. The minimum atomic E-state index is -0.922. The van der Waals surface area contributed by atoms with Crippen molar-refractivity contribution in [1.29, 1.82) is 0 Å². The second-order valence-corrected chi connectivity index (χ2v) is 3.17. The third-order valence-electron chi connectivity index (χ3n) is 2.12. The molecule has 1 rings (SSSR count). The van der Waals surface area contributed by atoms with Gasteiger partial charge in [0, 0.05) is 6.42 Å². The minimum absolute atomic E-state index is 0.0641. The van der Waals surface area contributed by atoms with Gasteiger partial charge < -0.3 is 15.1 Å². The summed E-state index contributed by atoms with van der Waals surface area (Å²) in [4.78, 5) is 10.4. The normalized spacial score (nSPS) is 11.2. The lowest BCUT2D eigenvalue weighted by Crippen LogP contribution is -2.05. The molecule has 0 aliphatic heterocycles. The molecule has 0 spiro atoms. The highest BCUT2D eigenvalue weighted by atomic mass is 16.5. The largest absolute Gasteiger partial charge is 0.497 e. The Morgan fingerprint density at radius 3 is 2.38 bits per heavy atom. The summed E-state index contributed by atoms with van der Waals surface area (Å²) in [7, 11) is 1.56. The Kier molecular flexibility index (Phi) is 4.32. The summed E-state index contributed by atoms with van der Waals surface area (Å²) in [5, 5.41) is 20.4. The van der Waals surface area contributed by atoms with Crippen molar-refractivity contribution in [2.75, 3.05) is 7.11 Å². The molecule has 0 unspecified atom stereocenters. The summed E-state index contributed by atoms with van der Waals surface area (Å²) >= 11 is 0. The number of ether oxygens (including phenoxy) is 1. The Bertz CT molecular complexity index is 383. The quantitative estimate of drug-likeness (QED) is 0.452. The monoisotopic (exact) mass is 223 g/mol. The molecule has 5 heteroatoms. The predicted molar refractivity (Wildman–Crippen MR) is 58.2 cm³/mol. The van der Waals surface area contributed by atoms with Gasteiger partial charge in [0.1, 0.15) is 5.75 Å². The maximum absolute atomic E-state index is 10.4. The maximum Gasteiger partial charge on any atom is 0.303 e. The zero-order valence-corrected chi connectivity index (χ0v) is 8.88. The molecule has 2 N–H and O–H groups in total. The van der Waals surface area contributed by atoms with Crippen molar-refractivity contribution >= 4 is 11.7 Å². The second-order valence-electron chi connectivity index (χ2n) is 3.17. The fraction of sp³-hybridized carbons (Fsp3) is 0.273. The van der Waals surface area contributed by atoms with Gasteiger partial charge in [-0.3, -0.25) is 4.79 Å². The zero-order valence-electron chi connectivity index (χ0n) is 8.88. The van der Waals surface area contributed by atoms with Crippen LogP contribution in [-0.4, -0.2) is 29.1 Å². The summed E-state index contributed by atoms with van der Waals surface area (Å²) in [6, 6.07) is 6.88. The van der Waals surface area contributed by atoms with Crippen LogP contribution in [0.15, 0.2) is 29.4 Å². The molecule has 16 heavy (non-hydrogen) atoms. The van der Waals surface area contributed by atoms with E-state index in [0.717, 1.165) is 0 Å². The van der Waals surface area contributed by atoms with E-state index in [1.54, 1.807) is 31.4 Å². The van der Waals surface area contributed by atoms with Gasteiger partial charge in [0.25, 0.3) is 0 Å². The van der Waals surface area contributed by atoms with Crippen LogP contribution >= 0.6 is 0 Å². The van der Waals surface area contributed by atoms with Crippen molar-refractivity contribution < 1.29 is 19.8 Å². The van der Waals surface area contributed by atoms with Crippen LogP contribution in [0.25, 0.3) is 0 Å². The van der Waals surface area contributed by atoms with Gasteiger partial charge in [0.05, 0.1) is 19.2 Å². The van der Waals surface area contributed by atoms with E-state index in [9.17, 15) is 4.79 Å². The number of hydrogen-bond acceptors (Lipinski definition) is 4. The SMILES string of the molecule is COc1ccc(/C(CCC(=O)O)=N/O)cc1. The van der Waals surface area contributed by atoms with Crippen molar-refractivity contribution in [2.45, 2.75) is 12.8 Å². The number of rotatable bonds is 5. The lowest BCUT2D eigenvalue weighted by molar-refractivity contribution is -0.136. The topological polar surface area (TPSA) is 79.1 Å². The van der Waals surface area contributed by atoms with Crippen LogP contribution in [0.3, 0.4) is 0 Å². The van der Waals surface area contributed by atoms with Crippen LogP contribution in [0, 0.1) is 0 Å². The standard InChI is InChI=1S/C11H13NO4/c1-16-9-4-2-8(3-5-9)10(12-15)6-7-11(13)14/h2-5,15H,6-7H2,1H3,(H,13,14)/b12-10+. The summed E-state index contributed by atoms with van der Waals surface area (Å²) in [6.45, 7) is 0. The third-order valence-corrected chi connectivity index (χ3v) is 2.12. The Balaban J connectivity index is 2.75. The number of hydrogen-bond donors (Lipinski definition) is 2. The molecular formula is C11H13NO4. The van der Waals surface area contributed by atoms with E-state index in [1.807, 2.05) is 0 Å². The number of benzene rings is 1. The molecule has 1 aromatic rings. The van der Waals surface area contributed by atoms with Crippen molar-refractivity contribution in [3.05, 3.63) is 29.8 Å². The number of aliphatic carboxylic acids is 1. The molecule has 0 aromatic heterocycles. The highest BCUT2D eigenvalue weighted by Gasteiger charge is 2.07. The van der Waals surface area contributed by atoms with Gasteiger partial charge in [0.2, 0.25) is 0 Å². The van der Waals surface area contributed by atoms with E-state index in [-0.39, 0.29) is 12.8 Å². The molecule has 0 atom stereocenters. The lowest BCUT2D eigenvalue weighted by Gasteiger charge is -2.04. The third kappa shape index (κ3) is 3.27. The van der Waals surface area contributed by atoms with Crippen LogP contribution in [0.5, 0.6) is 5.75 Å². The van der Waals surface area contributed by atoms with Gasteiger partial charge >= 0.3 is 5.97 Å².